The van der Waals surface area contributed by atoms with Crippen LogP contribution in [0.5, 0.6) is 0 Å². The van der Waals surface area contributed by atoms with E-state index in [0.29, 0.717) is 18.0 Å². The molecule has 0 spiro atoms. The molecule has 1 aliphatic heterocycles. The fourth-order valence-electron chi connectivity index (χ4n) is 3.95. The summed E-state index contributed by atoms with van der Waals surface area (Å²) in [6.07, 6.45) is 0.981. The normalized spacial score (nSPS) is 20.9. The molecule has 2 atom stereocenters. The number of nitrogens with zero attached hydrogens (tertiary/aromatic N) is 2. The van der Waals surface area contributed by atoms with Crippen molar-refractivity contribution >= 4 is 40.8 Å². The second kappa shape index (κ2) is 9.78. The summed E-state index contributed by atoms with van der Waals surface area (Å²) < 4.78 is 0. The van der Waals surface area contributed by atoms with Gasteiger partial charge in [-0.1, -0.05) is 25.1 Å². The molecule has 0 aliphatic carbocycles. The predicted octanol–water partition coefficient (Wildman–Crippen LogP) is 3.53. The first-order valence-electron chi connectivity index (χ1n) is 9.77. The zero-order chi connectivity index (χ0) is 18.7. The first kappa shape index (κ1) is 22.0. The van der Waals surface area contributed by atoms with E-state index in [1.54, 1.807) is 0 Å². The Morgan fingerprint density at radius 1 is 1.30 bits per heavy atom. The third-order valence-electron chi connectivity index (χ3n) is 5.61. The first-order valence-corrected chi connectivity index (χ1v) is 9.77. The first-order chi connectivity index (χ1) is 12.5. The lowest BCUT2D eigenvalue weighted by molar-refractivity contribution is 0.265. The molecule has 0 radical (unpaired) electrons. The molecule has 27 heavy (non-hydrogen) atoms. The third-order valence-corrected chi connectivity index (χ3v) is 5.61. The molecule has 2 heterocycles. The Labute approximate surface area is 180 Å². The molecule has 150 valence electrons. The van der Waals surface area contributed by atoms with Crippen LogP contribution in [0, 0.1) is 12.8 Å². The molecule has 2 unspecified atom stereocenters. The summed E-state index contributed by atoms with van der Waals surface area (Å²) in [4.78, 5) is 10.4. The van der Waals surface area contributed by atoms with E-state index in [4.69, 9.17) is 0 Å². The summed E-state index contributed by atoms with van der Waals surface area (Å²) in [7, 11) is 1.85. The SMILES string of the molecule is CN=C(NCCc1c(C)[nH]c2ccccc12)NC1CN(C(C)C)CC1C.I. The van der Waals surface area contributed by atoms with E-state index in [1.807, 2.05) is 7.05 Å². The summed E-state index contributed by atoms with van der Waals surface area (Å²) in [6, 6.07) is 9.58. The number of aliphatic imine (C=N–C) groups is 1. The number of aryl methyl sites for hydroxylation is 1. The lowest BCUT2D eigenvalue weighted by Gasteiger charge is -2.22. The largest absolute Gasteiger partial charge is 0.358 e. The van der Waals surface area contributed by atoms with Crippen LogP contribution in [0.2, 0.25) is 0 Å². The average molecular weight is 483 g/mol. The fraction of sp³-hybridized carbons (Fsp3) is 0.571. The van der Waals surface area contributed by atoms with Crippen molar-refractivity contribution in [1.82, 2.24) is 20.5 Å². The lowest BCUT2D eigenvalue weighted by atomic mass is 10.1. The van der Waals surface area contributed by atoms with Crippen molar-refractivity contribution in [2.75, 3.05) is 26.7 Å². The highest BCUT2D eigenvalue weighted by molar-refractivity contribution is 14.0. The van der Waals surface area contributed by atoms with Crippen LogP contribution in [0.4, 0.5) is 0 Å². The van der Waals surface area contributed by atoms with E-state index < -0.39 is 0 Å². The highest BCUT2D eigenvalue weighted by atomic mass is 127. The molecule has 3 N–H and O–H groups in total. The molecular weight excluding hydrogens is 449 g/mol. The molecule has 2 aromatic rings. The number of aromatic nitrogens is 1. The van der Waals surface area contributed by atoms with Gasteiger partial charge < -0.3 is 15.6 Å². The minimum absolute atomic E-state index is 0. The minimum atomic E-state index is 0. The van der Waals surface area contributed by atoms with Crippen molar-refractivity contribution in [3.05, 3.63) is 35.5 Å². The van der Waals surface area contributed by atoms with Gasteiger partial charge in [-0.25, -0.2) is 0 Å². The average Bonchev–Trinajstić information content (AvgIpc) is 3.14. The van der Waals surface area contributed by atoms with E-state index in [2.05, 4.69) is 77.5 Å². The highest BCUT2D eigenvalue weighted by Gasteiger charge is 2.31. The Morgan fingerprint density at radius 3 is 2.70 bits per heavy atom. The number of nitrogens with one attached hydrogen (secondary N) is 3. The van der Waals surface area contributed by atoms with Crippen LogP contribution >= 0.6 is 24.0 Å². The number of hydrogen-bond acceptors (Lipinski definition) is 2. The van der Waals surface area contributed by atoms with Gasteiger partial charge in [-0.05, 0) is 44.7 Å². The number of para-hydroxylation sites is 1. The standard InChI is InChI=1S/C21H33N5.HI/c1-14(2)26-12-15(3)20(13-26)25-21(22-5)23-11-10-17-16(4)24-19-9-7-6-8-18(17)19;/h6-9,14-15,20,24H,10-13H2,1-5H3,(H2,22,23,25);1H. The van der Waals surface area contributed by atoms with Crippen molar-refractivity contribution in [3.8, 4) is 0 Å². The Balaban J connectivity index is 0.00000261. The van der Waals surface area contributed by atoms with Crippen LogP contribution in [0.15, 0.2) is 29.3 Å². The number of H-pyrrole nitrogens is 1. The molecule has 0 bridgehead atoms. The maximum absolute atomic E-state index is 4.43. The molecule has 1 aromatic heterocycles. The van der Waals surface area contributed by atoms with Crippen molar-refractivity contribution in [2.24, 2.45) is 10.9 Å². The number of fused-ring (bicyclic) bond motifs is 1. The summed E-state index contributed by atoms with van der Waals surface area (Å²) in [6.45, 7) is 12.1. The molecule has 1 aromatic carbocycles. The fourth-order valence-corrected chi connectivity index (χ4v) is 3.95. The lowest BCUT2D eigenvalue weighted by Crippen LogP contribution is -2.47. The number of aromatic amines is 1. The molecule has 1 saturated heterocycles. The van der Waals surface area contributed by atoms with Crippen LogP contribution in [-0.4, -0.2) is 54.6 Å². The summed E-state index contributed by atoms with van der Waals surface area (Å²) in [5, 5.41) is 8.44. The zero-order valence-electron chi connectivity index (χ0n) is 17.2. The third kappa shape index (κ3) is 5.16. The Hall–Kier alpha value is -1.28. The van der Waals surface area contributed by atoms with Gasteiger partial charge in [0, 0.05) is 55.4 Å². The quantitative estimate of drug-likeness (QED) is 0.347. The van der Waals surface area contributed by atoms with Crippen LogP contribution in [-0.2, 0) is 6.42 Å². The van der Waals surface area contributed by atoms with Crippen molar-refractivity contribution in [3.63, 3.8) is 0 Å². The minimum Gasteiger partial charge on any atom is -0.358 e. The smallest absolute Gasteiger partial charge is 0.191 e. The number of rotatable bonds is 5. The predicted molar refractivity (Wildman–Crippen MR) is 126 cm³/mol. The Bertz CT molecular complexity index is 767. The maximum Gasteiger partial charge on any atom is 0.191 e. The number of likely N-dealkylation sites (tertiary alicyclic amines) is 1. The van der Waals surface area contributed by atoms with Gasteiger partial charge in [-0.15, -0.1) is 24.0 Å². The van der Waals surface area contributed by atoms with Crippen molar-refractivity contribution < 1.29 is 0 Å². The van der Waals surface area contributed by atoms with Gasteiger partial charge in [0.2, 0.25) is 0 Å². The van der Waals surface area contributed by atoms with E-state index in [9.17, 15) is 0 Å². The molecule has 0 saturated carbocycles. The van der Waals surface area contributed by atoms with Gasteiger partial charge in [-0.3, -0.25) is 9.89 Å². The highest BCUT2D eigenvalue weighted by Crippen LogP contribution is 2.22. The molecule has 6 heteroatoms. The van der Waals surface area contributed by atoms with E-state index in [1.165, 1.54) is 22.2 Å². The van der Waals surface area contributed by atoms with Gasteiger partial charge in [0.1, 0.15) is 0 Å². The van der Waals surface area contributed by atoms with E-state index in [0.717, 1.165) is 32.0 Å². The molecule has 3 rings (SSSR count). The number of guanidine groups is 1. The van der Waals surface area contributed by atoms with Gasteiger partial charge in [0.25, 0.3) is 0 Å². The Morgan fingerprint density at radius 2 is 2.04 bits per heavy atom. The van der Waals surface area contributed by atoms with Gasteiger partial charge >= 0.3 is 0 Å². The topological polar surface area (TPSA) is 55.5 Å². The van der Waals surface area contributed by atoms with Crippen LogP contribution in [0.25, 0.3) is 10.9 Å². The molecule has 1 fully saturated rings. The van der Waals surface area contributed by atoms with E-state index in [-0.39, 0.29) is 24.0 Å². The molecular formula is C21H34IN5. The van der Waals surface area contributed by atoms with Gasteiger partial charge in [0.15, 0.2) is 5.96 Å². The van der Waals surface area contributed by atoms with Gasteiger partial charge in [-0.2, -0.15) is 0 Å². The summed E-state index contributed by atoms with van der Waals surface area (Å²) in [5.74, 6) is 1.54. The van der Waals surface area contributed by atoms with Crippen molar-refractivity contribution in [1.29, 1.82) is 0 Å². The number of benzene rings is 1. The number of halogens is 1. The van der Waals surface area contributed by atoms with Crippen molar-refractivity contribution in [2.45, 2.75) is 46.2 Å². The molecule has 0 amide bonds. The Kier molecular flexibility index (Phi) is 7.97. The molecule has 5 nitrogen and oxygen atoms in total. The monoisotopic (exact) mass is 483 g/mol. The van der Waals surface area contributed by atoms with Crippen LogP contribution < -0.4 is 10.6 Å². The maximum atomic E-state index is 4.43. The second-order valence-electron chi connectivity index (χ2n) is 7.80. The van der Waals surface area contributed by atoms with E-state index >= 15 is 0 Å². The summed E-state index contributed by atoms with van der Waals surface area (Å²) >= 11 is 0. The second-order valence-corrected chi connectivity index (χ2v) is 7.80. The number of hydrogen-bond donors (Lipinski definition) is 3. The zero-order valence-corrected chi connectivity index (χ0v) is 19.5. The van der Waals surface area contributed by atoms with Crippen LogP contribution in [0.1, 0.15) is 32.0 Å². The van der Waals surface area contributed by atoms with Crippen LogP contribution in [0.3, 0.4) is 0 Å². The molecule has 1 aliphatic rings. The summed E-state index contributed by atoms with van der Waals surface area (Å²) in [5.41, 5.74) is 3.87. The van der Waals surface area contributed by atoms with Gasteiger partial charge in [0.05, 0.1) is 0 Å².